The molecule has 0 N–H and O–H groups in total. The van der Waals surface area contributed by atoms with E-state index in [1.807, 2.05) is 13.0 Å². The second kappa shape index (κ2) is 2.30. The molecule has 0 atom stereocenters. The highest BCUT2D eigenvalue weighted by molar-refractivity contribution is 7.07. The highest BCUT2D eigenvalue weighted by Gasteiger charge is 2.07. The van der Waals surface area contributed by atoms with Gasteiger partial charge in [-0.15, -0.1) is 0 Å². The Labute approximate surface area is 67.3 Å². The van der Waals surface area contributed by atoms with Crippen molar-refractivity contribution in [2.45, 2.75) is 13.5 Å². The van der Waals surface area contributed by atoms with Gasteiger partial charge in [0.05, 0.1) is 11.1 Å². The molecule has 4 heteroatoms. The second-order valence-electron chi connectivity index (χ2n) is 2.38. The lowest BCUT2D eigenvalue weighted by Crippen LogP contribution is -2.27. The molecule has 2 heterocycles. The summed E-state index contributed by atoms with van der Waals surface area (Å²) < 4.78 is 2.74. The van der Waals surface area contributed by atoms with E-state index in [2.05, 4.69) is 4.99 Å². The van der Waals surface area contributed by atoms with E-state index in [0.717, 1.165) is 23.1 Å². The van der Waals surface area contributed by atoms with Crippen LogP contribution in [0, 0.1) is 0 Å². The minimum atomic E-state index is 0.120. The Bertz CT molecular complexity index is 440. The van der Waals surface area contributed by atoms with Crippen LogP contribution in [0.5, 0.6) is 0 Å². The summed E-state index contributed by atoms with van der Waals surface area (Å²) in [5.74, 6) is 0. The molecule has 0 radical (unpaired) electrons. The highest BCUT2D eigenvalue weighted by atomic mass is 32.1. The zero-order valence-corrected chi connectivity index (χ0v) is 7.02. The summed E-state index contributed by atoms with van der Waals surface area (Å²) in [6.45, 7) is 3.46. The van der Waals surface area contributed by atoms with E-state index >= 15 is 0 Å². The smallest absolute Gasteiger partial charge is 0.282 e. The predicted molar refractivity (Wildman–Crippen MR) is 44.4 cm³/mol. The first-order chi connectivity index (χ1) is 5.33. The molecule has 0 saturated heterocycles. The topological polar surface area (TPSA) is 34.4 Å². The van der Waals surface area contributed by atoms with Crippen LogP contribution in [0.25, 0.3) is 6.08 Å². The summed E-state index contributed by atoms with van der Waals surface area (Å²) in [6, 6.07) is 0. The zero-order chi connectivity index (χ0) is 7.84. The van der Waals surface area contributed by atoms with E-state index < -0.39 is 0 Å². The van der Waals surface area contributed by atoms with Gasteiger partial charge in [0.25, 0.3) is 0 Å². The number of fused-ring (bicyclic) bond motifs is 1. The van der Waals surface area contributed by atoms with E-state index in [1.165, 1.54) is 11.3 Å². The lowest BCUT2D eigenvalue weighted by Gasteiger charge is -1.84. The van der Waals surface area contributed by atoms with Crippen molar-refractivity contribution < 1.29 is 0 Å². The summed E-state index contributed by atoms with van der Waals surface area (Å²) in [6.07, 6.45) is 1.94. The Balaban J connectivity index is 3.00. The van der Waals surface area contributed by atoms with Crippen LogP contribution in [0.15, 0.2) is 9.79 Å². The van der Waals surface area contributed by atoms with Crippen LogP contribution in [0.1, 0.15) is 6.92 Å². The van der Waals surface area contributed by atoms with Crippen molar-refractivity contribution in [3.8, 4) is 0 Å². The van der Waals surface area contributed by atoms with Gasteiger partial charge >= 0.3 is 4.87 Å². The monoisotopic (exact) mass is 168 g/mol. The van der Waals surface area contributed by atoms with Crippen LogP contribution >= 0.6 is 11.3 Å². The van der Waals surface area contributed by atoms with Crippen LogP contribution in [0.3, 0.4) is 0 Å². The van der Waals surface area contributed by atoms with Crippen molar-refractivity contribution in [2.24, 2.45) is 4.99 Å². The molecule has 0 spiro atoms. The predicted octanol–water partition coefficient (Wildman–Crippen LogP) is -0.657. The summed E-state index contributed by atoms with van der Waals surface area (Å²) in [5.41, 5.74) is 0.877. The second-order valence-corrected chi connectivity index (χ2v) is 3.37. The van der Waals surface area contributed by atoms with Crippen molar-refractivity contribution >= 4 is 17.4 Å². The Hall–Kier alpha value is -0.900. The molecule has 0 aromatic carbocycles. The third-order valence-electron chi connectivity index (χ3n) is 1.74. The molecule has 3 nitrogen and oxygen atoms in total. The van der Waals surface area contributed by atoms with Crippen LogP contribution in [0.2, 0.25) is 0 Å². The number of aromatic nitrogens is 1. The van der Waals surface area contributed by atoms with E-state index in [0.29, 0.717) is 0 Å². The molecule has 0 bridgehead atoms. The van der Waals surface area contributed by atoms with Crippen LogP contribution < -0.4 is 14.9 Å². The van der Waals surface area contributed by atoms with Gasteiger partial charge in [0.15, 0.2) is 0 Å². The minimum Gasteiger partial charge on any atom is -0.282 e. The average molecular weight is 168 g/mol. The van der Waals surface area contributed by atoms with Crippen LogP contribution in [-0.4, -0.2) is 11.1 Å². The maximum absolute atomic E-state index is 11.2. The van der Waals surface area contributed by atoms with Crippen molar-refractivity contribution in [3.05, 3.63) is 19.7 Å². The number of rotatable bonds is 0. The molecule has 1 aliphatic heterocycles. The third-order valence-corrected chi connectivity index (χ3v) is 2.77. The lowest BCUT2D eigenvalue weighted by molar-refractivity contribution is 0.746. The fraction of sp³-hybridized carbons (Fsp3) is 0.429. The van der Waals surface area contributed by atoms with Crippen LogP contribution in [0.4, 0.5) is 0 Å². The van der Waals surface area contributed by atoms with Crippen molar-refractivity contribution in [1.82, 2.24) is 4.57 Å². The third kappa shape index (κ3) is 0.860. The molecule has 0 unspecified atom stereocenters. The molecular formula is C7H8N2OS. The van der Waals surface area contributed by atoms with Gasteiger partial charge < -0.3 is 0 Å². The molecule has 1 aromatic heterocycles. The molecule has 0 saturated carbocycles. The van der Waals surface area contributed by atoms with E-state index in [4.69, 9.17) is 0 Å². The van der Waals surface area contributed by atoms with E-state index in [9.17, 15) is 4.79 Å². The summed E-state index contributed by atoms with van der Waals surface area (Å²) >= 11 is 1.27. The Morgan fingerprint density at radius 1 is 1.73 bits per heavy atom. The molecule has 11 heavy (non-hydrogen) atoms. The maximum Gasteiger partial charge on any atom is 0.309 e. The maximum atomic E-state index is 11.2. The number of hydrogen-bond acceptors (Lipinski definition) is 3. The summed E-state index contributed by atoms with van der Waals surface area (Å²) in [7, 11) is 0. The van der Waals surface area contributed by atoms with Crippen molar-refractivity contribution in [2.75, 3.05) is 6.54 Å². The van der Waals surface area contributed by atoms with E-state index in [-0.39, 0.29) is 4.87 Å². The first-order valence-electron chi connectivity index (χ1n) is 3.53. The molecule has 2 rings (SSSR count). The number of hydrogen-bond donors (Lipinski definition) is 0. The first-order valence-corrected chi connectivity index (χ1v) is 4.35. The molecule has 0 aliphatic carbocycles. The largest absolute Gasteiger partial charge is 0.309 e. The van der Waals surface area contributed by atoms with Crippen molar-refractivity contribution in [3.63, 3.8) is 0 Å². The quantitative estimate of drug-likeness (QED) is 0.506. The Morgan fingerprint density at radius 2 is 2.55 bits per heavy atom. The highest BCUT2D eigenvalue weighted by Crippen LogP contribution is 1.84. The lowest BCUT2D eigenvalue weighted by atomic mass is 10.6. The summed E-state index contributed by atoms with van der Waals surface area (Å²) in [5, 5.41) is 0. The Kier molecular flexibility index (Phi) is 1.42. The van der Waals surface area contributed by atoms with Crippen LogP contribution in [-0.2, 0) is 6.54 Å². The molecule has 58 valence electrons. The zero-order valence-electron chi connectivity index (χ0n) is 6.20. The standard InChI is InChI=1S/C7H8N2OS/c1-2-5-6-8-3-4-9(6)7(10)11-5/h2H,3-4H2,1H3/b5-2-. The SMILES string of the molecule is C/C=c1\sc(=O)n2c1=NCC2. The van der Waals surface area contributed by atoms with Gasteiger partial charge in [0.2, 0.25) is 0 Å². The van der Waals surface area contributed by atoms with Gasteiger partial charge in [-0.1, -0.05) is 17.4 Å². The molecular weight excluding hydrogens is 160 g/mol. The summed E-state index contributed by atoms with van der Waals surface area (Å²) in [4.78, 5) is 15.5. The Morgan fingerprint density at radius 3 is 3.27 bits per heavy atom. The van der Waals surface area contributed by atoms with Gasteiger partial charge in [-0.3, -0.25) is 14.4 Å². The van der Waals surface area contributed by atoms with E-state index in [1.54, 1.807) is 4.57 Å². The first kappa shape index (κ1) is 6.79. The molecule has 0 fully saturated rings. The van der Waals surface area contributed by atoms with Gasteiger partial charge in [-0.2, -0.15) is 0 Å². The normalized spacial score (nSPS) is 16.6. The molecule has 1 aliphatic rings. The molecule has 1 aromatic rings. The van der Waals surface area contributed by atoms with Gasteiger partial charge in [-0.05, 0) is 6.92 Å². The van der Waals surface area contributed by atoms with Gasteiger partial charge in [0, 0.05) is 6.54 Å². The average Bonchev–Trinajstić information content (AvgIpc) is 2.54. The number of nitrogens with zero attached hydrogens (tertiary/aromatic N) is 2. The van der Waals surface area contributed by atoms with Gasteiger partial charge in [-0.25, -0.2) is 0 Å². The molecule has 0 amide bonds. The van der Waals surface area contributed by atoms with Gasteiger partial charge in [0.1, 0.15) is 5.49 Å². The number of thiazole rings is 1. The fourth-order valence-electron chi connectivity index (χ4n) is 1.22. The minimum absolute atomic E-state index is 0.120. The fourth-order valence-corrected chi connectivity index (χ4v) is 2.08. The van der Waals surface area contributed by atoms with Crippen molar-refractivity contribution in [1.29, 1.82) is 0 Å².